The van der Waals surface area contributed by atoms with E-state index in [0.717, 1.165) is 42.0 Å². The van der Waals surface area contributed by atoms with E-state index < -0.39 is 0 Å². The lowest BCUT2D eigenvalue weighted by Crippen LogP contribution is -2.29. The summed E-state index contributed by atoms with van der Waals surface area (Å²) in [6.07, 6.45) is 7.18. The summed E-state index contributed by atoms with van der Waals surface area (Å²) in [5, 5.41) is 1.13. The molecule has 0 spiro atoms. The second kappa shape index (κ2) is 5.99. The number of thiophene rings is 1. The number of hydrogen-bond donors (Lipinski definition) is 1. The number of nitrogens with two attached hydrogens (primary N) is 1. The molecule has 5 heteroatoms. The van der Waals surface area contributed by atoms with Crippen LogP contribution in [0.3, 0.4) is 0 Å². The Bertz CT molecular complexity index is 946. The lowest BCUT2D eigenvalue weighted by atomic mass is 9.97. The normalized spacial score (nSPS) is 16.7. The SMILES string of the molecule is Nc1nc(CN2CCCc3ccccc32)nc2sc3c(c12)CCCC3. The highest BCUT2D eigenvalue weighted by molar-refractivity contribution is 7.19. The van der Waals surface area contributed by atoms with Gasteiger partial charge in [-0.25, -0.2) is 9.97 Å². The van der Waals surface area contributed by atoms with Crippen LogP contribution in [0, 0.1) is 0 Å². The van der Waals surface area contributed by atoms with E-state index in [9.17, 15) is 0 Å². The van der Waals surface area contributed by atoms with E-state index in [1.54, 1.807) is 0 Å². The van der Waals surface area contributed by atoms with Crippen molar-refractivity contribution in [1.82, 2.24) is 9.97 Å². The first kappa shape index (κ1) is 15.1. The maximum absolute atomic E-state index is 6.36. The van der Waals surface area contributed by atoms with Crippen molar-refractivity contribution in [1.29, 1.82) is 0 Å². The summed E-state index contributed by atoms with van der Waals surface area (Å²) in [7, 11) is 0. The van der Waals surface area contributed by atoms with Gasteiger partial charge in [0.15, 0.2) is 5.82 Å². The molecule has 4 nitrogen and oxygen atoms in total. The van der Waals surface area contributed by atoms with Crippen LogP contribution in [0.25, 0.3) is 10.2 Å². The maximum atomic E-state index is 6.36. The highest BCUT2D eigenvalue weighted by atomic mass is 32.1. The minimum atomic E-state index is 0.671. The number of rotatable bonds is 2. The van der Waals surface area contributed by atoms with Gasteiger partial charge in [0.25, 0.3) is 0 Å². The zero-order chi connectivity index (χ0) is 16.8. The molecule has 25 heavy (non-hydrogen) atoms. The second-order valence-corrected chi connectivity index (χ2v) is 8.15. The number of nitrogens with zero attached hydrogens (tertiary/aromatic N) is 3. The third-order valence-electron chi connectivity index (χ3n) is 5.43. The van der Waals surface area contributed by atoms with Gasteiger partial charge >= 0.3 is 0 Å². The zero-order valence-corrected chi connectivity index (χ0v) is 15.1. The third kappa shape index (κ3) is 2.58. The molecule has 0 radical (unpaired) electrons. The topological polar surface area (TPSA) is 55.0 Å². The van der Waals surface area contributed by atoms with Gasteiger partial charge in [0.05, 0.1) is 11.9 Å². The maximum Gasteiger partial charge on any atom is 0.151 e. The number of nitrogen functional groups attached to an aromatic ring is 1. The molecule has 2 N–H and O–H groups in total. The minimum Gasteiger partial charge on any atom is -0.383 e. The lowest BCUT2D eigenvalue weighted by Gasteiger charge is -2.30. The molecule has 128 valence electrons. The highest BCUT2D eigenvalue weighted by Crippen LogP contribution is 2.38. The molecule has 0 unspecified atom stereocenters. The van der Waals surface area contributed by atoms with E-state index in [4.69, 9.17) is 10.7 Å². The van der Waals surface area contributed by atoms with Crippen LogP contribution >= 0.6 is 11.3 Å². The summed E-state index contributed by atoms with van der Waals surface area (Å²) in [6, 6.07) is 8.68. The Morgan fingerprint density at radius 2 is 1.92 bits per heavy atom. The Morgan fingerprint density at radius 1 is 1.04 bits per heavy atom. The number of aryl methyl sites for hydroxylation is 3. The molecule has 0 bridgehead atoms. The fraction of sp³-hybridized carbons (Fsp3) is 0.400. The molecule has 1 aliphatic heterocycles. The number of fused-ring (bicyclic) bond motifs is 4. The predicted molar refractivity (Wildman–Crippen MR) is 104 cm³/mol. The van der Waals surface area contributed by atoms with Crippen molar-refractivity contribution >= 4 is 33.1 Å². The van der Waals surface area contributed by atoms with Gasteiger partial charge < -0.3 is 10.6 Å². The Morgan fingerprint density at radius 3 is 2.88 bits per heavy atom. The van der Waals surface area contributed by atoms with Crippen molar-refractivity contribution in [3.05, 3.63) is 46.1 Å². The van der Waals surface area contributed by atoms with E-state index in [0.29, 0.717) is 5.82 Å². The van der Waals surface area contributed by atoms with Crippen molar-refractivity contribution < 1.29 is 0 Å². The van der Waals surface area contributed by atoms with Crippen LogP contribution in [-0.4, -0.2) is 16.5 Å². The molecule has 5 rings (SSSR count). The molecule has 0 amide bonds. The predicted octanol–water partition coefficient (Wildman–Crippen LogP) is 4.11. The third-order valence-corrected chi connectivity index (χ3v) is 6.61. The molecule has 2 aliphatic rings. The molecule has 1 aromatic carbocycles. The average Bonchev–Trinajstić information content (AvgIpc) is 3.01. The van der Waals surface area contributed by atoms with Gasteiger partial charge in [-0.3, -0.25) is 0 Å². The summed E-state index contributed by atoms with van der Waals surface area (Å²) in [4.78, 5) is 14.5. The summed E-state index contributed by atoms with van der Waals surface area (Å²) >= 11 is 1.83. The van der Waals surface area contributed by atoms with Crippen LogP contribution in [-0.2, 0) is 25.8 Å². The molecule has 0 atom stereocenters. The number of benzene rings is 1. The van der Waals surface area contributed by atoms with Gasteiger partial charge in [-0.1, -0.05) is 18.2 Å². The first-order valence-electron chi connectivity index (χ1n) is 9.19. The molecule has 3 aromatic rings. The van der Waals surface area contributed by atoms with Gasteiger partial charge in [-0.05, 0) is 55.7 Å². The average molecular weight is 350 g/mol. The second-order valence-electron chi connectivity index (χ2n) is 7.07. The Balaban J connectivity index is 1.52. The summed E-state index contributed by atoms with van der Waals surface area (Å²) in [5.74, 6) is 1.52. The Labute approximate surface area is 151 Å². The van der Waals surface area contributed by atoms with Crippen LogP contribution in [0.4, 0.5) is 11.5 Å². The van der Waals surface area contributed by atoms with E-state index in [1.165, 1.54) is 47.4 Å². The van der Waals surface area contributed by atoms with Crippen molar-refractivity contribution in [2.75, 3.05) is 17.2 Å². The van der Waals surface area contributed by atoms with E-state index >= 15 is 0 Å². The van der Waals surface area contributed by atoms with Crippen LogP contribution in [0.2, 0.25) is 0 Å². The fourth-order valence-electron chi connectivity index (χ4n) is 4.25. The van der Waals surface area contributed by atoms with Gasteiger partial charge in [0.2, 0.25) is 0 Å². The van der Waals surface area contributed by atoms with Gasteiger partial charge in [-0.2, -0.15) is 0 Å². The van der Waals surface area contributed by atoms with E-state index in [-0.39, 0.29) is 0 Å². The quantitative estimate of drug-likeness (QED) is 0.756. The molecular formula is C20H22N4S. The van der Waals surface area contributed by atoms with Crippen molar-refractivity contribution in [3.8, 4) is 0 Å². The van der Waals surface area contributed by atoms with Crippen molar-refractivity contribution in [2.24, 2.45) is 0 Å². The Kier molecular flexibility index (Phi) is 3.63. The van der Waals surface area contributed by atoms with Crippen LogP contribution in [0.1, 0.15) is 41.1 Å². The largest absolute Gasteiger partial charge is 0.383 e. The smallest absolute Gasteiger partial charge is 0.151 e. The van der Waals surface area contributed by atoms with E-state index in [1.807, 2.05) is 11.3 Å². The van der Waals surface area contributed by atoms with Gasteiger partial charge in [0, 0.05) is 17.1 Å². The standard InChI is InChI=1S/C20H22N4S/c21-19-18-14-8-2-4-10-16(14)25-20(18)23-17(22-19)12-24-11-5-7-13-6-1-3-9-15(13)24/h1,3,6,9H,2,4-5,7-8,10-12H2,(H2,21,22,23). The molecule has 3 heterocycles. The molecular weight excluding hydrogens is 328 g/mol. The van der Waals surface area contributed by atoms with Crippen LogP contribution < -0.4 is 10.6 Å². The number of para-hydroxylation sites is 1. The summed E-state index contributed by atoms with van der Waals surface area (Å²) in [5.41, 5.74) is 10.5. The molecule has 0 saturated carbocycles. The number of anilines is 2. The molecule has 0 saturated heterocycles. The van der Waals surface area contributed by atoms with Gasteiger partial charge in [0.1, 0.15) is 10.6 Å². The highest BCUT2D eigenvalue weighted by Gasteiger charge is 2.22. The molecule has 2 aromatic heterocycles. The molecule has 0 fully saturated rings. The number of hydrogen-bond acceptors (Lipinski definition) is 5. The fourth-order valence-corrected chi connectivity index (χ4v) is 5.54. The molecule has 1 aliphatic carbocycles. The Hall–Kier alpha value is -2.14. The minimum absolute atomic E-state index is 0.671. The van der Waals surface area contributed by atoms with Crippen LogP contribution in [0.5, 0.6) is 0 Å². The van der Waals surface area contributed by atoms with Crippen LogP contribution in [0.15, 0.2) is 24.3 Å². The number of aromatic nitrogens is 2. The monoisotopic (exact) mass is 350 g/mol. The van der Waals surface area contributed by atoms with Crippen molar-refractivity contribution in [2.45, 2.75) is 45.1 Å². The first-order valence-corrected chi connectivity index (χ1v) is 10.0. The first-order chi connectivity index (χ1) is 12.3. The van der Waals surface area contributed by atoms with Gasteiger partial charge in [-0.15, -0.1) is 11.3 Å². The summed E-state index contributed by atoms with van der Waals surface area (Å²) in [6.45, 7) is 1.79. The van der Waals surface area contributed by atoms with E-state index in [2.05, 4.69) is 34.1 Å². The summed E-state index contributed by atoms with van der Waals surface area (Å²) < 4.78 is 0. The zero-order valence-electron chi connectivity index (χ0n) is 14.3. The lowest BCUT2D eigenvalue weighted by molar-refractivity contribution is 0.676. The van der Waals surface area contributed by atoms with Crippen molar-refractivity contribution in [3.63, 3.8) is 0 Å².